The van der Waals surface area contributed by atoms with Gasteiger partial charge in [-0.2, -0.15) is 15.3 Å². The van der Waals surface area contributed by atoms with E-state index in [0.717, 1.165) is 16.8 Å². The number of anilines is 1. The number of aryl methyl sites for hydroxylation is 3. The Morgan fingerprint density at radius 3 is 2.52 bits per heavy atom. The van der Waals surface area contributed by atoms with Crippen molar-refractivity contribution in [3.8, 4) is 0 Å². The zero-order chi connectivity index (χ0) is 17.8. The van der Waals surface area contributed by atoms with Crippen LogP contribution in [0.4, 0.5) is 17.2 Å². The summed E-state index contributed by atoms with van der Waals surface area (Å²) in [5, 5.41) is 15.4. The minimum Gasteiger partial charge on any atom is -0.307 e. The molecular formula is C19H19N5O. The first-order valence-electron chi connectivity index (χ1n) is 7.92. The van der Waals surface area contributed by atoms with Gasteiger partial charge in [-0.05, 0) is 49.2 Å². The third-order valence-electron chi connectivity index (χ3n) is 3.91. The predicted octanol–water partition coefficient (Wildman–Crippen LogP) is 4.70. The van der Waals surface area contributed by atoms with E-state index in [1.54, 1.807) is 36.1 Å². The lowest BCUT2D eigenvalue weighted by Crippen LogP contribution is -2.15. The third kappa shape index (κ3) is 3.80. The Bertz CT molecular complexity index is 942. The van der Waals surface area contributed by atoms with Crippen LogP contribution in [0, 0.1) is 13.8 Å². The Morgan fingerprint density at radius 1 is 1.04 bits per heavy atom. The Balaban J connectivity index is 1.78. The Kier molecular flexibility index (Phi) is 4.70. The fourth-order valence-electron chi connectivity index (χ4n) is 2.43. The average molecular weight is 333 g/mol. The van der Waals surface area contributed by atoms with Gasteiger partial charge in [0.1, 0.15) is 5.82 Å². The molecule has 1 N–H and O–H groups in total. The molecule has 0 saturated heterocycles. The molecule has 1 amide bonds. The number of nitrogens with one attached hydrogen (secondary N) is 1. The molecule has 6 heteroatoms. The van der Waals surface area contributed by atoms with Crippen molar-refractivity contribution in [2.24, 2.45) is 17.3 Å². The summed E-state index contributed by atoms with van der Waals surface area (Å²) < 4.78 is 1.61. The molecule has 0 atom stereocenters. The van der Waals surface area contributed by atoms with Gasteiger partial charge in [0.15, 0.2) is 0 Å². The molecule has 25 heavy (non-hydrogen) atoms. The van der Waals surface area contributed by atoms with E-state index in [0.29, 0.717) is 17.1 Å². The maximum atomic E-state index is 12.4. The molecular weight excluding hydrogens is 314 g/mol. The van der Waals surface area contributed by atoms with Crippen LogP contribution in [0.25, 0.3) is 0 Å². The predicted molar refractivity (Wildman–Crippen MR) is 97.7 cm³/mol. The molecule has 126 valence electrons. The second kappa shape index (κ2) is 7.09. The van der Waals surface area contributed by atoms with Crippen LogP contribution in [0.3, 0.4) is 0 Å². The third-order valence-corrected chi connectivity index (χ3v) is 3.91. The van der Waals surface area contributed by atoms with E-state index in [9.17, 15) is 4.79 Å². The number of benzene rings is 2. The van der Waals surface area contributed by atoms with E-state index in [1.165, 1.54) is 0 Å². The number of aromatic nitrogens is 2. The van der Waals surface area contributed by atoms with Crippen molar-refractivity contribution in [2.45, 2.75) is 13.8 Å². The SMILES string of the molecule is Cc1ccccc1/N=N/c1ccc(C(=O)Nc2ccnn2C)c(C)c1. The van der Waals surface area contributed by atoms with Crippen LogP contribution in [0.1, 0.15) is 21.5 Å². The molecule has 3 aromatic rings. The quantitative estimate of drug-likeness (QED) is 0.703. The number of amides is 1. The van der Waals surface area contributed by atoms with E-state index >= 15 is 0 Å². The lowest BCUT2D eigenvalue weighted by Gasteiger charge is -2.08. The maximum Gasteiger partial charge on any atom is 0.257 e. The zero-order valence-corrected chi connectivity index (χ0v) is 14.4. The molecule has 0 bridgehead atoms. The number of azo groups is 1. The molecule has 0 fully saturated rings. The van der Waals surface area contributed by atoms with Crippen molar-refractivity contribution in [3.05, 3.63) is 71.4 Å². The van der Waals surface area contributed by atoms with Crippen molar-refractivity contribution in [2.75, 3.05) is 5.32 Å². The first-order valence-corrected chi connectivity index (χ1v) is 7.92. The highest BCUT2D eigenvalue weighted by atomic mass is 16.1. The molecule has 0 aliphatic carbocycles. The van der Waals surface area contributed by atoms with Gasteiger partial charge in [0.25, 0.3) is 5.91 Å². The van der Waals surface area contributed by atoms with Gasteiger partial charge in [-0.15, -0.1) is 0 Å². The van der Waals surface area contributed by atoms with Gasteiger partial charge in [0.05, 0.1) is 17.6 Å². The molecule has 6 nitrogen and oxygen atoms in total. The first-order chi connectivity index (χ1) is 12.0. The van der Waals surface area contributed by atoms with Crippen LogP contribution in [-0.4, -0.2) is 15.7 Å². The monoisotopic (exact) mass is 333 g/mol. The number of carbonyl (C=O) groups excluding carboxylic acids is 1. The Morgan fingerprint density at radius 2 is 1.84 bits per heavy atom. The lowest BCUT2D eigenvalue weighted by molar-refractivity contribution is 0.102. The highest BCUT2D eigenvalue weighted by Gasteiger charge is 2.11. The van der Waals surface area contributed by atoms with Crippen molar-refractivity contribution < 1.29 is 4.79 Å². The minimum atomic E-state index is -0.177. The molecule has 0 spiro atoms. The van der Waals surface area contributed by atoms with Crippen molar-refractivity contribution in [3.63, 3.8) is 0 Å². The zero-order valence-electron chi connectivity index (χ0n) is 14.4. The van der Waals surface area contributed by atoms with Gasteiger partial charge in [0, 0.05) is 18.7 Å². The summed E-state index contributed by atoms with van der Waals surface area (Å²) in [5.41, 5.74) is 4.03. The van der Waals surface area contributed by atoms with Gasteiger partial charge >= 0.3 is 0 Å². The van der Waals surface area contributed by atoms with Crippen molar-refractivity contribution in [1.82, 2.24) is 9.78 Å². The van der Waals surface area contributed by atoms with Gasteiger partial charge in [-0.3, -0.25) is 9.48 Å². The summed E-state index contributed by atoms with van der Waals surface area (Å²) >= 11 is 0. The number of hydrogen-bond donors (Lipinski definition) is 1. The fraction of sp³-hybridized carbons (Fsp3) is 0.158. The van der Waals surface area contributed by atoms with E-state index in [2.05, 4.69) is 20.6 Å². The molecule has 2 aromatic carbocycles. The summed E-state index contributed by atoms with van der Waals surface area (Å²) in [4.78, 5) is 12.4. The Hall–Kier alpha value is -3.28. The van der Waals surface area contributed by atoms with E-state index in [4.69, 9.17) is 0 Å². The van der Waals surface area contributed by atoms with Crippen LogP contribution < -0.4 is 5.32 Å². The lowest BCUT2D eigenvalue weighted by atomic mass is 10.1. The topological polar surface area (TPSA) is 71.6 Å². The molecule has 0 radical (unpaired) electrons. The number of rotatable bonds is 4. The summed E-state index contributed by atoms with van der Waals surface area (Å²) in [6, 6.07) is 14.9. The molecule has 0 aliphatic heterocycles. The normalized spacial score (nSPS) is 11.0. The standard InChI is InChI=1S/C19H19N5O/c1-13-6-4-5-7-17(13)23-22-15-8-9-16(14(2)12-15)19(25)21-18-10-11-20-24(18)3/h4-12H,1-3H3,(H,21,25)/b23-22+. The van der Waals surface area contributed by atoms with Gasteiger partial charge < -0.3 is 5.32 Å². The van der Waals surface area contributed by atoms with Gasteiger partial charge in [0.2, 0.25) is 0 Å². The molecule has 1 heterocycles. The van der Waals surface area contributed by atoms with Crippen LogP contribution in [0.15, 0.2) is 65.0 Å². The smallest absolute Gasteiger partial charge is 0.257 e. The molecule has 0 saturated carbocycles. The van der Waals surface area contributed by atoms with Gasteiger partial charge in [-0.1, -0.05) is 18.2 Å². The second-order valence-electron chi connectivity index (χ2n) is 5.78. The maximum absolute atomic E-state index is 12.4. The van der Waals surface area contributed by atoms with E-state index < -0.39 is 0 Å². The van der Waals surface area contributed by atoms with Crippen LogP contribution in [-0.2, 0) is 7.05 Å². The summed E-state index contributed by atoms with van der Waals surface area (Å²) in [6.07, 6.45) is 1.64. The number of carbonyl (C=O) groups is 1. The fourth-order valence-corrected chi connectivity index (χ4v) is 2.43. The molecule has 0 unspecified atom stereocenters. The summed E-state index contributed by atoms with van der Waals surface area (Å²) in [7, 11) is 1.78. The van der Waals surface area contributed by atoms with Crippen LogP contribution in [0.5, 0.6) is 0 Å². The summed E-state index contributed by atoms with van der Waals surface area (Å²) in [5.74, 6) is 0.469. The molecule has 3 rings (SSSR count). The summed E-state index contributed by atoms with van der Waals surface area (Å²) in [6.45, 7) is 3.87. The molecule has 0 aliphatic rings. The number of hydrogen-bond acceptors (Lipinski definition) is 4. The minimum absolute atomic E-state index is 0.177. The highest BCUT2D eigenvalue weighted by molar-refractivity contribution is 6.05. The van der Waals surface area contributed by atoms with Crippen LogP contribution in [0.2, 0.25) is 0 Å². The highest BCUT2D eigenvalue weighted by Crippen LogP contribution is 2.23. The van der Waals surface area contributed by atoms with E-state index in [1.807, 2.05) is 44.2 Å². The number of nitrogens with zero attached hydrogens (tertiary/aromatic N) is 4. The van der Waals surface area contributed by atoms with E-state index in [-0.39, 0.29) is 5.91 Å². The van der Waals surface area contributed by atoms with Gasteiger partial charge in [-0.25, -0.2) is 0 Å². The first kappa shape index (κ1) is 16.6. The second-order valence-corrected chi connectivity index (χ2v) is 5.78. The van der Waals surface area contributed by atoms with Crippen LogP contribution >= 0.6 is 0 Å². The Labute approximate surface area is 146 Å². The molecule has 1 aromatic heterocycles. The average Bonchev–Trinajstić information content (AvgIpc) is 2.99. The largest absolute Gasteiger partial charge is 0.307 e. The van der Waals surface area contributed by atoms with Crippen molar-refractivity contribution in [1.29, 1.82) is 0 Å². The van der Waals surface area contributed by atoms with Crippen molar-refractivity contribution >= 4 is 23.1 Å².